The smallest absolute Gasteiger partial charge is 0.261 e. The van der Waals surface area contributed by atoms with E-state index in [1.54, 1.807) is 24.3 Å². The van der Waals surface area contributed by atoms with Crippen LogP contribution in [0.25, 0.3) is 0 Å². The zero-order chi connectivity index (χ0) is 19.2. The van der Waals surface area contributed by atoms with E-state index >= 15 is 0 Å². The summed E-state index contributed by atoms with van der Waals surface area (Å²) in [6, 6.07) is 12.3. The first-order valence-corrected chi connectivity index (χ1v) is 10.9. The van der Waals surface area contributed by atoms with Gasteiger partial charge in [0.05, 0.1) is 10.3 Å². The number of hydrogen-bond acceptors (Lipinski definition) is 3. The number of benzene rings is 2. The van der Waals surface area contributed by atoms with E-state index in [0.717, 1.165) is 42.5 Å². The van der Waals surface area contributed by atoms with Crippen molar-refractivity contribution in [1.29, 1.82) is 0 Å². The first-order valence-electron chi connectivity index (χ1n) is 9.41. The van der Waals surface area contributed by atoms with Gasteiger partial charge >= 0.3 is 0 Å². The molecule has 1 spiro atoms. The molecule has 4 rings (SSSR count). The standard InChI is InChI=1S/C21H24N2O3S/c1-14(2)15-5-8-17(9-6-15)27(25,26)23-16-7-10-19-18(13-16)21(20(24)22-19)11-3-4-12-21/h5-10,13-14,23H,3-4,11-12H2,1-2H3,(H,22,24). The van der Waals surface area contributed by atoms with E-state index in [1.807, 2.05) is 18.2 Å². The molecule has 1 amide bonds. The van der Waals surface area contributed by atoms with Gasteiger partial charge in [0.2, 0.25) is 5.91 Å². The Morgan fingerprint density at radius 2 is 1.70 bits per heavy atom. The van der Waals surface area contributed by atoms with Gasteiger partial charge in [-0.25, -0.2) is 8.42 Å². The van der Waals surface area contributed by atoms with Gasteiger partial charge in [-0.05, 0) is 60.2 Å². The summed E-state index contributed by atoms with van der Waals surface area (Å²) in [4.78, 5) is 12.7. The summed E-state index contributed by atoms with van der Waals surface area (Å²) in [5.41, 5.74) is 2.81. The molecule has 0 aromatic heterocycles. The van der Waals surface area contributed by atoms with Gasteiger partial charge in [-0.3, -0.25) is 9.52 Å². The van der Waals surface area contributed by atoms with Gasteiger partial charge in [0.15, 0.2) is 0 Å². The number of rotatable bonds is 4. The van der Waals surface area contributed by atoms with Gasteiger partial charge in [-0.15, -0.1) is 0 Å². The lowest BCUT2D eigenvalue weighted by molar-refractivity contribution is -0.120. The average Bonchev–Trinajstić information content (AvgIpc) is 3.22. The largest absolute Gasteiger partial charge is 0.325 e. The van der Waals surface area contributed by atoms with E-state index < -0.39 is 15.4 Å². The molecular weight excluding hydrogens is 360 g/mol. The summed E-state index contributed by atoms with van der Waals surface area (Å²) >= 11 is 0. The Bertz CT molecular complexity index is 989. The van der Waals surface area contributed by atoms with E-state index in [0.29, 0.717) is 11.6 Å². The van der Waals surface area contributed by atoms with E-state index in [4.69, 9.17) is 0 Å². The molecule has 0 atom stereocenters. The van der Waals surface area contributed by atoms with Crippen LogP contribution in [-0.2, 0) is 20.2 Å². The number of anilines is 2. The number of amides is 1. The van der Waals surface area contributed by atoms with E-state index in [2.05, 4.69) is 23.9 Å². The van der Waals surface area contributed by atoms with Gasteiger partial charge in [-0.2, -0.15) is 0 Å². The number of sulfonamides is 1. The molecule has 1 heterocycles. The minimum Gasteiger partial charge on any atom is -0.325 e. The predicted molar refractivity (Wildman–Crippen MR) is 107 cm³/mol. The Balaban J connectivity index is 1.64. The van der Waals surface area contributed by atoms with Crippen molar-refractivity contribution >= 4 is 27.3 Å². The quantitative estimate of drug-likeness (QED) is 0.822. The Hall–Kier alpha value is -2.34. The zero-order valence-electron chi connectivity index (χ0n) is 15.6. The molecule has 2 aromatic carbocycles. The van der Waals surface area contributed by atoms with Crippen LogP contribution >= 0.6 is 0 Å². The lowest BCUT2D eigenvalue weighted by atomic mass is 9.80. The molecule has 2 aliphatic rings. The minimum absolute atomic E-state index is 0.0410. The van der Waals surface area contributed by atoms with E-state index in [9.17, 15) is 13.2 Å². The van der Waals surface area contributed by atoms with Gasteiger partial charge in [-0.1, -0.05) is 38.8 Å². The molecule has 1 aliphatic heterocycles. The second kappa shape index (κ2) is 6.37. The summed E-state index contributed by atoms with van der Waals surface area (Å²) in [6.07, 6.45) is 3.67. The fourth-order valence-electron chi connectivity index (χ4n) is 4.20. The van der Waals surface area contributed by atoms with Crippen LogP contribution in [0.5, 0.6) is 0 Å². The highest BCUT2D eigenvalue weighted by atomic mass is 32.2. The third-order valence-corrected chi connectivity index (χ3v) is 7.18. The fourth-order valence-corrected chi connectivity index (χ4v) is 5.25. The van der Waals surface area contributed by atoms with Gasteiger partial charge < -0.3 is 5.32 Å². The van der Waals surface area contributed by atoms with Crippen molar-refractivity contribution in [1.82, 2.24) is 0 Å². The lowest BCUT2D eigenvalue weighted by Gasteiger charge is -2.21. The van der Waals surface area contributed by atoms with Crippen molar-refractivity contribution in [2.75, 3.05) is 10.0 Å². The van der Waals surface area contributed by atoms with Gasteiger partial charge in [0.1, 0.15) is 0 Å². The Labute approximate surface area is 160 Å². The molecule has 0 bridgehead atoms. The van der Waals surface area contributed by atoms with Gasteiger partial charge in [0, 0.05) is 11.4 Å². The van der Waals surface area contributed by atoms with Crippen LogP contribution in [0.1, 0.15) is 56.6 Å². The van der Waals surface area contributed by atoms with Crippen molar-refractivity contribution in [2.24, 2.45) is 0 Å². The van der Waals surface area contributed by atoms with Crippen molar-refractivity contribution < 1.29 is 13.2 Å². The van der Waals surface area contributed by atoms with Crippen molar-refractivity contribution in [3.05, 3.63) is 53.6 Å². The van der Waals surface area contributed by atoms with Crippen LogP contribution in [0.3, 0.4) is 0 Å². The minimum atomic E-state index is -3.68. The maximum absolute atomic E-state index is 12.8. The van der Waals surface area contributed by atoms with E-state index in [1.165, 1.54) is 0 Å². The summed E-state index contributed by atoms with van der Waals surface area (Å²) in [5.74, 6) is 0.387. The SMILES string of the molecule is CC(C)c1ccc(S(=O)(=O)Nc2ccc3c(c2)C2(CCCC2)C(=O)N3)cc1. The van der Waals surface area contributed by atoms with E-state index in [-0.39, 0.29) is 10.8 Å². The van der Waals surface area contributed by atoms with Crippen LogP contribution in [0.15, 0.2) is 47.4 Å². The molecule has 2 N–H and O–H groups in total. The third kappa shape index (κ3) is 3.02. The number of hydrogen-bond donors (Lipinski definition) is 2. The maximum atomic E-state index is 12.8. The topological polar surface area (TPSA) is 75.3 Å². The lowest BCUT2D eigenvalue weighted by Crippen LogP contribution is -2.31. The molecule has 142 valence electrons. The molecule has 0 unspecified atom stereocenters. The first kappa shape index (κ1) is 18.0. The van der Waals surface area contributed by atoms with Crippen LogP contribution in [0.2, 0.25) is 0 Å². The fraction of sp³-hybridized carbons (Fsp3) is 0.381. The molecule has 1 fully saturated rings. The third-order valence-electron chi connectivity index (χ3n) is 5.78. The zero-order valence-corrected chi connectivity index (χ0v) is 16.4. The van der Waals surface area contributed by atoms with Gasteiger partial charge in [0.25, 0.3) is 10.0 Å². The predicted octanol–water partition coefficient (Wildman–Crippen LogP) is 4.37. The Morgan fingerprint density at radius 3 is 2.33 bits per heavy atom. The number of nitrogens with one attached hydrogen (secondary N) is 2. The normalized spacial score (nSPS) is 18.0. The molecule has 5 nitrogen and oxygen atoms in total. The summed E-state index contributed by atoms with van der Waals surface area (Å²) in [6.45, 7) is 4.14. The number of fused-ring (bicyclic) bond motifs is 2. The molecule has 0 saturated heterocycles. The highest BCUT2D eigenvalue weighted by Crippen LogP contribution is 2.49. The Morgan fingerprint density at radius 1 is 1.04 bits per heavy atom. The molecule has 1 aliphatic carbocycles. The molecule has 2 aromatic rings. The average molecular weight is 385 g/mol. The second-order valence-electron chi connectivity index (χ2n) is 7.83. The summed E-state index contributed by atoms with van der Waals surface area (Å²) in [5, 5.41) is 2.95. The first-order chi connectivity index (χ1) is 12.8. The highest BCUT2D eigenvalue weighted by molar-refractivity contribution is 7.92. The van der Waals surface area contributed by atoms with Crippen LogP contribution < -0.4 is 10.0 Å². The van der Waals surface area contributed by atoms with Crippen LogP contribution in [0.4, 0.5) is 11.4 Å². The maximum Gasteiger partial charge on any atom is 0.261 e. The number of carbonyl (C=O) groups is 1. The molecular formula is C21H24N2O3S. The molecule has 6 heteroatoms. The second-order valence-corrected chi connectivity index (χ2v) is 9.52. The molecule has 27 heavy (non-hydrogen) atoms. The molecule has 0 radical (unpaired) electrons. The van der Waals surface area contributed by atoms with Crippen LogP contribution in [-0.4, -0.2) is 14.3 Å². The van der Waals surface area contributed by atoms with Crippen LogP contribution in [0, 0.1) is 0 Å². The summed E-state index contributed by atoms with van der Waals surface area (Å²) in [7, 11) is -3.68. The Kier molecular flexibility index (Phi) is 4.26. The van der Waals surface area contributed by atoms with Crippen molar-refractivity contribution in [3.63, 3.8) is 0 Å². The van der Waals surface area contributed by atoms with Crippen molar-refractivity contribution in [2.45, 2.75) is 55.8 Å². The monoisotopic (exact) mass is 384 g/mol. The number of carbonyl (C=O) groups excluding carboxylic acids is 1. The molecule has 1 saturated carbocycles. The summed E-state index contributed by atoms with van der Waals surface area (Å²) < 4.78 is 28.2. The van der Waals surface area contributed by atoms with Crippen molar-refractivity contribution in [3.8, 4) is 0 Å². The highest BCUT2D eigenvalue weighted by Gasteiger charge is 2.48.